The van der Waals surface area contributed by atoms with Crippen LogP contribution in [0.5, 0.6) is 5.75 Å². The van der Waals surface area contributed by atoms with E-state index in [0.717, 1.165) is 0 Å². The molecule has 0 atom stereocenters. The number of para-hydroxylation sites is 1. The normalized spacial score (nSPS) is 10.9. The summed E-state index contributed by atoms with van der Waals surface area (Å²) in [4.78, 5) is 11.6. The molecular weight excluding hydrogens is 232 g/mol. The molecule has 0 aromatic heterocycles. The number of carbonyl (C=O) groups excluding carboxylic acids is 1. The first-order valence-corrected chi connectivity index (χ1v) is 5.87. The molecule has 0 aliphatic heterocycles. The van der Waals surface area contributed by atoms with Crippen LogP contribution in [0.3, 0.4) is 0 Å². The SMILES string of the molecule is CNS(=O)(=O)NC(=O)c1ccccc1OC. The zero-order valence-electron chi connectivity index (χ0n) is 8.85. The number of ether oxygens (including phenoxy) is 1. The summed E-state index contributed by atoms with van der Waals surface area (Å²) >= 11 is 0. The van der Waals surface area contributed by atoms with Crippen molar-refractivity contribution in [3.8, 4) is 5.75 Å². The molecule has 0 spiro atoms. The molecule has 0 saturated carbocycles. The maximum absolute atomic E-state index is 11.6. The van der Waals surface area contributed by atoms with Gasteiger partial charge in [-0.1, -0.05) is 12.1 Å². The van der Waals surface area contributed by atoms with E-state index in [2.05, 4.69) is 0 Å². The van der Waals surface area contributed by atoms with Crippen LogP contribution < -0.4 is 14.2 Å². The second-order valence-electron chi connectivity index (χ2n) is 2.84. The van der Waals surface area contributed by atoms with Crippen molar-refractivity contribution < 1.29 is 17.9 Å². The van der Waals surface area contributed by atoms with Crippen LogP contribution in [-0.4, -0.2) is 28.5 Å². The van der Waals surface area contributed by atoms with Crippen LogP contribution in [0.15, 0.2) is 24.3 Å². The number of methoxy groups -OCH3 is 1. The zero-order chi connectivity index (χ0) is 12.2. The van der Waals surface area contributed by atoms with Gasteiger partial charge >= 0.3 is 10.2 Å². The minimum atomic E-state index is -3.80. The Kier molecular flexibility index (Phi) is 3.86. The Labute approximate surface area is 93.8 Å². The molecule has 0 radical (unpaired) electrons. The van der Waals surface area contributed by atoms with Gasteiger partial charge in [0.15, 0.2) is 0 Å². The third-order valence-electron chi connectivity index (χ3n) is 1.85. The van der Waals surface area contributed by atoms with Crippen molar-refractivity contribution in [2.45, 2.75) is 0 Å². The summed E-state index contributed by atoms with van der Waals surface area (Å²) < 4.78 is 31.0. The van der Waals surface area contributed by atoms with Crippen molar-refractivity contribution in [3.63, 3.8) is 0 Å². The highest BCUT2D eigenvalue weighted by atomic mass is 32.2. The molecule has 0 bridgehead atoms. The molecule has 0 aliphatic carbocycles. The zero-order valence-corrected chi connectivity index (χ0v) is 9.67. The van der Waals surface area contributed by atoms with Crippen LogP contribution in [-0.2, 0) is 10.2 Å². The topological polar surface area (TPSA) is 84.5 Å². The van der Waals surface area contributed by atoms with Gasteiger partial charge in [0.2, 0.25) is 0 Å². The fourth-order valence-corrected chi connectivity index (χ4v) is 1.52. The van der Waals surface area contributed by atoms with Gasteiger partial charge in [0, 0.05) is 7.05 Å². The molecule has 88 valence electrons. The minimum Gasteiger partial charge on any atom is -0.496 e. The molecule has 1 amide bonds. The Morgan fingerprint density at radius 1 is 1.31 bits per heavy atom. The molecule has 1 aromatic carbocycles. The Morgan fingerprint density at radius 3 is 2.50 bits per heavy atom. The van der Waals surface area contributed by atoms with Gasteiger partial charge in [-0.3, -0.25) is 4.79 Å². The van der Waals surface area contributed by atoms with Crippen molar-refractivity contribution >= 4 is 16.1 Å². The lowest BCUT2D eigenvalue weighted by Gasteiger charge is -2.08. The quantitative estimate of drug-likeness (QED) is 0.774. The number of rotatable bonds is 4. The number of benzene rings is 1. The number of nitrogens with one attached hydrogen (secondary N) is 2. The second-order valence-corrected chi connectivity index (χ2v) is 4.46. The Balaban J connectivity index is 2.97. The van der Waals surface area contributed by atoms with E-state index in [1.165, 1.54) is 20.2 Å². The second kappa shape index (κ2) is 4.95. The molecule has 7 heteroatoms. The van der Waals surface area contributed by atoms with Crippen LogP contribution in [0.2, 0.25) is 0 Å². The molecule has 2 N–H and O–H groups in total. The maximum Gasteiger partial charge on any atom is 0.301 e. The average Bonchev–Trinajstić information content (AvgIpc) is 2.28. The predicted molar refractivity (Wildman–Crippen MR) is 58.4 cm³/mol. The molecule has 0 fully saturated rings. The molecular formula is C9H12N2O4S. The van der Waals surface area contributed by atoms with Crippen LogP contribution in [0.1, 0.15) is 10.4 Å². The highest BCUT2D eigenvalue weighted by molar-refractivity contribution is 7.88. The van der Waals surface area contributed by atoms with E-state index >= 15 is 0 Å². The third kappa shape index (κ3) is 2.94. The van der Waals surface area contributed by atoms with Crippen LogP contribution in [0.4, 0.5) is 0 Å². The summed E-state index contributed by atoms with van der Waals surface area (Å²) in [5, 5.41) is 0. The van der Waals surface area contributed by atoms with Crippen molar-refractivity contribution in [2.24, 2.45) is 0 Å². The smallest absolute Gasteiger partial charge is 0.301 e. The van der Waals surface area contributed by atoms with Crippen molar-refractivity contribution in [2.75, 3.05) is 14.2 Å². The first-order valence-electron chi connectivity index (χ1n) is 4.39. The van der Waals surface area contributed by atoms with E-state index in [1.807, 2.05) is 9.44 Å². The molecule has 6 nitrogen and oxygen atoms in total. The van der Waals surface area contributed by atoms with E-state index < -0.39 is 16.1 Å². The lowest BCUT2D eigenvalue weighted by Crippen LogP contribution is -2.38. The van der Waals surface area contributed by atoms with E-state index in [4.69, 9.17) is 4.74 Å². The highest BCUT2D eigenvalue weighted by Crippen LogP contribution is 2.16. The minimum absolute atomic E-state index is 0.156. The average molecular weight is 244 g/mol. The van der Waals surface area contributed by atoms with E-state index in [9.17, 15) is 13.2 Å². The number of carbonyl (C=O) groups is 1. The van der Waals surface area contributed by atoms with Gasteiger partial charge in [0.25, 0.3) is 5.91 Å². The van der Waals surface area contributed by atoms with Gasteiger partial charge in [-0.15, -0.1) is 0 Å². The highest BCUT2D eigenvalue weighted by Gasteiger charge is 2.16. The Bertz CT molecular complexity index is 484. The largest absolute Gasteiger partial charge is 0.496 e. The van der Waals surface area contributed by atoms with Crippen LogP contribution in [0.25, 0.3) is 0 Å². The molecule has 1 aromatic rings. The van der Waals surface area contributed by atoms with E-state index in [-0.39, 0.29) is 5.56 Å². The van der Waals surface area contributed by atoms with E-state index in [1.54, 1.807) is 18.2 Å². The summed E-state index contributed by atoms with van der Waals surface area (Å²) in [7, 11) is -1.19. The van der Waals surface area contributed by atoms with Gasteiger partial charge in [0.1, 0.15) is 5.75 Å². The summed E-state index contributed by atoms with van der Waals surface area (Å²) in [6.45, 7) is 0. The van der Waals surface area contributed by atoms with Crippen molar-refractivity contribution in [3.05, 3.63) is 29.8 Å². The van der Waals surface area contributed by atoms with Gasteiger partial charge in [-0.25, -0.2) is 9.44 Å². The van der Waals surface area contributed by atoms with Crippen molar-refractivity contribution in [1.29, 1.82) is 0 Å². The summed E-state index contributed by atoms with van der Waals surface area (Å²) in [5.74, 6) is -0.432. The van der Waals surface area contributed by atoms with Gasteiger partial charge in [-0.05, 0) is 12.1 Å². The molecule has 0 unspecified atom stereocenters. The molecule has 1 rings (SSSR count). The van der Waals surface area contributed by atoms with Gasteiger partial charge < -0.3 is 4.74 Å². The standard InChI is InChI=1S/C9H12N2O4S/c1-10-16(13,14)11-9(12)7-5-3-4-6-8(7)15-2/h3-6,10H,1-2H3,(H,11,12). The number of hydrogen-bond acceptors (Lipinski definition) is 4. The fraction of sp³-hybridized carbons (Fsp3) is 0.222. The fourth-order valence-electron chi connectivity index (χ4n) is 1.06. The van der Waals surface area contributed by atoms with Gasteiger partial charge in [-0.2, -0.15) is 8.42 Å². The molecule has 0 heterocycles. The summed E-state index contributed by atoms with van der Waals surface area (Å²) in [6.07, 6.45) is 0. The first-order chi connectivity index (χ1) is 7.50. The third-order valence-corrected chi connectivity index (χ3v) is 2.84. The van der Waals surface area contributed by atoms with Crippen LogP contribution >= 0.6 is 0 Å². The molecule has 0 saturated heterocycles. The predicted octanol–water partition coefficient (Wildman–Crippen LogP) is -0.111. The van der Waals surface area contributed by atoms with Crippen LogP contribution in [0, 0.1) is 0 Å². The van der Waals surface area contributed by atoms with Gasteiger partial charge in [0.05, 0.1) is 12.7 Å². The molecule has 0 aliphatic rings. The first kappa shape index (κ1) is 12.5. The summed E-state index contributed by atoms with van der Waals surface area (Å²) in [6, 6.07) is 6.34. The maximum atomic E-state index is 11.6. The Morgan fingerprint density at radius 2 is 1.94 bits per heavy atom. The lowest BCUT2D eigenvalue weighted by molar-refractivity contribution is 0.0978. The monoisotopic (exact) mass is 244 g/mol. The Hall–Kier alpha value is -1.60. The van der Waals surface area contributed by atoms with Crippen molar-refractivity contribution in [1.82, 2.24) is 9.44 Å². The number of hydrogen-bond donors (Lipinski definition) is 2. The van der Waals surface area contributed by atoms with E-state index in [0.29, 0.717) is 5.75 Å². The number of amides is 1. The summed E-state index contributed by atoms with van der Waals surface area (Å²) in [5.41, 5.74) is 0.156. The lowest BCUT2D eigenvalue weighted by atomic mass is 10.2. The molecule has 16 heavy (non-hydrogen) atoms.